The number of nitrogens with zero attached hydrogens (tertiary/aromatic N) is 2. The molecule has 84 heavy (non-hydrogen) atoms. The molecule has 0 unspecified atom stereocenters. The van der Waals surface area contributed by atoms with Crippen LogP contribution in [0.3, 0.4) is 0 Å². The Morgan fingerprint density at radius 2 is 0.440 bits per heavy atom. The van der Waals surface area contributed by atoms with E-state index in [-0.39, 0.29) is 32.5 Å². The summed E-state index contributed by atoms with van der Waals surface area (Å²) >= 11 is 0. The van der Waals surface area contributed by atoms with Crippen molar-refractivity contribution in [3.63, 3.8) is 0 Å². The van der Waals surface area contributed by atoms with Gasteiger partial charge in [0, 0.05) is 55.8 Å². The molecule has 11 aromatic rings. The van der Waals surface area contributed by atoms with Crippen molar-refractivity contribution >= 4 is 55.7 Å². The molecule has 0 aliphatic heterocycles. The quantitative estimate of drug-likeness (QED) is 0.153. The first kappa shape index (κ1) is 52.4. The topological polar surface area (TPSA) is 6.48 Å². The highest BCUT2D eigenvalue weighted by Gasteiger charge is 2.41. The predicted octanol–water partition coefficient (Wildman–Crippen LogP) is 22.8. The highest BCUT2D eigenvalue weighted by atomic mass is 15.1. The second-order valence-corrected chi connectivity index (χ2v) is 29.0. The molecule has 0 bridgehead atoms. The predicted molar refractivity (Wildman–Crippen MR) is 358 cm³/mol. The van der Waals surface area contributed by atoms with Crippen molar-refractivity contribution in [2.24, 2.45) is 0 Å². The van der Waals surface area contributed by atoms with Gasteiger partial charge in [-0.3, -0.25) is 0 Å². The minimum Gasteiger partial charge on any atom is -0.310 e. The van der Waals surface area contributed by atoms with Crippen LogP contribution in [-0.4, -0.2) is 0 Å². The molecule has 0 spiro atoms. The summed E-state index contributed by atoms with van der Waals surface area (Å²) in [6.45, 7) is 33.7. The van der Waals surface area contributed by atoms with Crippen molar-refractivity contribution in [2.75, 3.05) is 9.80 Å². The fourth-order valence-electron chi connectivity index (χ4n) is 16.3. The van der Waals surface area contributed by atoms with Crippen LogP contribution < -0.4 is 9.80 Å². The molecule has 15 rings (SSSR count). The number of hydrogen-bond acceptors (Lipinski definition) is 2. The maximum atomic E-state index is 2.56. The van der Waals surface area contributed by atoms with E-state index in [1.807, 2.05) is 0 Å². The third-order valence-corrected chi connectivity index (χ3v) is 20.4. The van der Waals surface area contributed by atoms with Crippen LogP contribution in [0.25, 0.3) is 66.1 Å². The van der Waals surface area contributed by atoms with Gasteiger partial charge in [0.15, 0.2) is 0 Å². The standard InChI is InChI=1S/C82H76N2/c1-77(2,3)75-63-41-35-49(83(51-31-37-59-55-23-15-19-27-67(55)79(7,8)71(59)45-51)52-32-38-60-56-24-16-20-28-68(56)80(9,10)72(60)46-52)43-65(63)76(78(4,5)6)66-44-50(36-42-64(66)75)84(53-33-39-61-57-25-17-21-29-69(57)81(11,12)73(61)47-53)54-34-40-62-58-26-18-22-30-70(58)82(13,14)74(62)48-54/h15-48H,1-14H3. The summed E-state index contributed by atoms with van der Waals surface area (Å²) in [5.41, 5.74) is 30.3. The summed E-state index contributed by atoms with van der Waals surface area (Å²) in [5.74, 6) is 0. The van der Waals surface area contributed by atoms with Crippen molar-refractivity contribution in [2.45, 2.75) is 129 Å². The lowest BCUT2D eigenvalue weighted by Gasteiger charge is -2.34. The molecule has 2 heteroatoms. The molecule has 0 amide bonds. The molecular formula is C82H76N2. The maximum Gasteiger partial charge on any atom is 0.0468 e. The van der Waals surface area contributed by atoms with Gasteiger partial charge in [-0.15, -0.1) is 0 Å². The second-order valence-electron chi connectivity index (χ2n) is 29.0. The zero-order valence-corrected chi connectivity index (χ0v) is 51.5. The van der Waals surface area contributed by atoms with Gasteiger partial charge < -0.3 is 9.80 Å². The van der Waals surface area contributed by atoms with E-state index in [2.05, 4.69) is 313 Å². The Hall–Kier alpha value is -8.46. The van der Waals surface area contributed by atoms with Gasteiger partial charge in [0.2, 0.25) is 0 Å². The van der Waals surface area contributed by atoms with Crippen LogP contribution in [0.2, 0.25) is 0 Å². The van der Waals surface area contributed by atoms with Gasteiger partial charge in [0.05, 0.1) is 0 Å². The van der Waals surface area contributed by atoms with Gasteiger partial charge in [0.25, 0.3) is 0 Å². The Morgan fingerprint density at radius 1 is 0.226 bits per heavy atom. The van der Waals surface area contributed by atoms with E-state index in [1.165, 1.54) is 122 Å². The van der Waals surface area contributed by atoms with Gasteiger partial charge in [-0.05, 0) is 205 Å². The zero-order chi connectivity index (χ0) is 58.4. The van der Waals surface area contributed by atoms with Crippen molar-refractivity contribution < 1.29 is 0 Å². The minimum absolute atomic E-state index is 0.161. The van der Waals surface area contributed by atoms with Crippen LogP contribution in [0.15, 0.2) is 206 Å². The Bertz CT molecular complexity index is 4140. The molecule has 0 aromatic heterocycles. The third-order valence-electron chi connectivity index (χ3n) is 20.4. The summed E-state index contributed by atoms with van der Waals surface area (Å²) in [6.07, 6.45) is 0. The molecule has 11 aromatic carbocycles. The summed E-state index contributed by atoms with van der Waals surface area (Å²) in [5, 5.41) is 5.21. The van der Waals surface area contributed by atoms with Gasteiger partial charge in [-0.2, -0.15) is 0 Å². The lowest BCUT2D eigenvalue weighted by molar-refractivity contribution is 0.593. The summed E-state index contributed by atoms with van der Waals surface area (Å²) in [7, 11) is 0. The van der Waals surface area contributed by atoms with E-state index < -0.39 is 0 Å². The van der Waals surface area contributed by atoms with Crippen molar-refractivity contribution in [3.8, 4) is 44.5 Å². The van der Waals surface area contributed by atoms with E-state index in [1.54, 1.807) is 0 Å². The first-order valence-corrected chi connectivity index (χ1v) is 30.6. The van der Waals surface area contributed by atoms with Crippen LogP contribution in [0.4, 0.5) is 34.1 Å². The van der Waals surface area contributed by atoms with Crippen molar-refractivity contribution in [1.82, 2.24) is 0 Å². The summed E-state index contributed by atoms with van der Waals surface area (Å²) < 4.78 is 0. The molecule has 0 heterocycles. The fourth-order valence-corrected chi connectivity index (χ4v) is 16.3. The maximum absolute atomic E-state index is 2.56. The molecule has 0 saturated carbocycles. The number of rotatable bonds is 6. The highest BCUT2D eigenvalue weighted by Crippen LogP contribution is 2.57. The smallest absolute Gasteiger partial charge is 0.0468 e. The third kappa shape index (κ3) is 7.34. The average Bonchev–Trinajstić information content (AvgIpc) is 1.26. The molecule has 414 valence electrons. The molecule has 0 saturated heterocycles. The fraction of sp³-hybridized carbons (Fsp3) is 0.244. The van der Waals surface area contributed by atoms with Crippen LogP contribution >= 0.6 is 0 Å². The Balaban J connectivity index is 0.974. The van der Waals surface area contributed by atoms with Crippen LogP contribution in [-0.2, 0) is 32.5 Å². The molecule has 4 aliphatic carbocycles. The number of benzene rings is 11. The van der Waals surface area contributed by atoms with Gasteiger partial charge in [-0.25, -0.2) is 0 Å². The summed E-state index contributed by atoms with van der Waals surface area (Å²) in [6, 6.07) is 79.9. The lowest BCUT2D eigenvalue weighted by atomic mass is 9.74. The molecule has 2 nitrogen and oxygen atoms in total. The highest BCUT2D eigenvalue weighted by molar-refractivity contribution is 6.10. The van der Waals surface area contributed by atoms with Crippen LogP contribution in [0.1, 0.15) is 153 Å². The molecule has 0 N–H and O–H groups in total. The zero-order valence-electron chi connectivity index (χ0n) is 51.5. The van der Waals surface area contributed by atoms with Crippen LogP contribution in [0.5, 0.6) is 0 Å². The van der Waals surface area contributed by atoms with Crippen LogP contribution in [0, 0.1) is 0 Å². The SMILES string of the molecule is CC(C)(C)c1c2ccc(N(c3ccc4c(c3)C(C)(C)c3ccccc3-4)c3ccc4c(c3)C(C)(C)c3ccccc3-4)cc2c(C(C)(C)C)c2cc(N(c3ccc4c(c3)C(C)(C)c3ccccc3-4)c3ccc4c(c3)C(C)(C)c3ccccc3-4)ccc12. The number of fused-ring (bicyclic) bond motifs is 14. The van der Waals surface area contributed by atoms with E-state index in [9.17, 15) is 0 Å². The van der Waals surface area contributed by atoms with Gasteiger partial charge in [0.1, 0.15) is 0 Å². The molecule has 0 radical (unpaired) electrons. The van der Waals surface area contributed by atoms with E-state index in [0.29, 0.717) is 0 Å². The average molecular weight is 1090 g/mol. The van der Waals surface area contributed by atoms with E-state index >= 15 is 0 Å². The van der Waals surface area contributed by atoms with Crippen molar-refractivity contribution in [3.05, 3.63) is 262 Å². The first-order valence-electron chi connectivity index (χ1n) is 30.6. The Kier molecular flexibility index (Phi) is 10.9. The molecule has 0 fully saturated rings. The largest absolute Gasteiger partial charge is 0.310 e. The number of hydrogen-bond donors (Lipinski definition) is 0. The minimum atomic E-state index is -0.251. The molecule has 4 aliphatic rings. The lowest BCUT2D eigenvalue weighted by Crippen LogP contribution is -2.20. The molecule has 0 atom stereocenters. The first-order chi connectivity index (χ1) is 40.0. The Labute approximate surface area is 498 Å². The Morgan fingerprint density at radius 3 is 0.702 bits per heavy atom. The monoisotopic (exact) mass is 1090 g/mol. The van der Waals surface area contributed by atoms with Gasteiger partial charge in [-0.1, -0.05) is 230 Å². The summed E-state index contributed by atoms with van der Waals surface area (Å²) in [4.78, 5) is 5.12. The number of anilines is 6. The normalized spacial score (nSPS) is 15.9. The van der Waals surface area contributed by atoms with E-state index in [4.69, 9.17) is 0 Å². The second kappa shape index (κ2) is 17.6. The van der Waals surface area contributed by atoms with Gasteiger partial charge >= 0.3 is 0 Å². The molecular weight excluding hydrogens is 1010 g/mol. The van der Waals surface area contributed by atoms with E-state index in [0.717, 1.165) is 34.1 Å². The van der Waals surface area contributed by atoms with Crippen molar-refractivity contribution in [1.29, 1.82) is 0 Å².